The molecule has 4 N–H and O–H groups in total. The second kappa shape index (κ2) is 8.61. The number of pyridine rings is 1. The predicted molar refractivity (Wildman–Crippen MR) is 113 cm³/mol. The number of methoxy groups -OCH3 is 1. The van der Waals surface area contributed by atoms with Gasteiger partial charge in [-0.15, -0.1) is 0 Å². The fourth-order valence-corrected chi connectivity index (χ4v) is 4.31. The molecule has 1 aliphatic heterocycles. The third-order valence-electron chi connectivity index (χ3n) is 6.29. The van der Waals surface area contributed by atoms with Crippen molar-refractivity contribution in [3.8, 4) is 0 Å². The average Bonchev–Trinajstić information content (AvgIpc) is 3.50. The minimum Gasteiger partial charge on any atom is -0.380 e. The van der Waals surface area contributed by atoms with Crippen LogP contribution in [0.5, 0.6) is 0 Å². The number of amides is 1. The number of benzene rings is 1. The van der Waals surface area contributed by atoms with E-state index in [4.69, 9.17) is 10.5 Å². The summed E-state index contributed by atoms with van der Waals surface area (Å²) in [6, 6.07) is 12.0. The van der Waals surface area contributed by atoms with E-state index in [-0.39, 0.29) is 23.6 Å². The lowest BCUT2D eigenvalue weighted by molar-refractivity contribution is -0.118. The Balaban J connectivity index is 1.39. The minimum atomic E-state index is -0.314. The lowest BCUT2D eigenvalue weighted by Crippen LogP contribution is -2.39. The zero-order chi connectivity index (χ0) is 20.3. The number of carbonyl (C=O) groups excluding carboxylic acids is 1. The summed E-state index contributed by atoms with van der Waals surface area (Å²) in [6.07, 6.45) is 8.56. The van der Waals surface area contributed by atoms with Crippen molar-refractivity contribution in [1.29, 1.82) is 0 Å². The number of rotatable bonds is 8. The molecule has 1 saturated carbocycles. The van der Waals surface area contributed by atoms with Gasteiger partial charge in [-0.3, -0.25) is 9.78 Å². The number of ether oxygens (including phenoxy) is 1. The first-order valence-corrected chi connectivity index (χ1v) is 10.4. The highest BCUT2D eigenvalue weighted by Crippen LogP contribution is 2.46. The van der Waals surface area contributed by atoms with Gasteiger partial charge in [0.2, 0.25) is 5.91 Å². The zero-order valence-corrected chi connectivity index (χ0v) is 16.9. The van der Waals surface area contributed by atoms with Gasteiger partial charge in [-0.2, -0.15) is 0 Å². The molecule has 154 valence electrons. The molecule has 4 rings (SSSR count). The normalized spacial score (nSPS) is 23.5. The van der Waals surface area contributed by atoms with Crippen LogP contribution in [0.25, 0.3) is 0 Å². The van der Waals surface area contributed by atoms with Gasteiger partial charge in [0.1, 0.15) is 0 Å². The van der Waals surface area contributed by atoms with Crippen LogP contribution in [0.1, 0.15) is 36.8 Å². The summed E-state index contributed by atoms with van der Waals surface area (Å²) >= 11 is 0. The summed E-state index contributed by atoms with van der Waals surface area (Å²) in [5.41, 5.74) is 9.74. The molecule has 6 heteroatoms. The maximum absolute atomic E-state index is 12.5. The maximum atomic E-state index is 12.5. The SMILES string of the molecule is CO[C@H]1CN[C@@H](C(=O)Nc2cccc(CC[C@@](N)(c3ccncc3)C3CC3)c2)C1. The van der Waals surface area contributed by atoms with Gasteiger partial charge < -0.3 is 21.1 Å². The second-order valence-corrected chi connectivity index (χ2v) is 8.29. The first kappa shape index (κ1) is 20.0. The van der Waals surface area contributed by atoms with Gasteiger partial charge >= 0.3 is 0 Å². The standard InChI is InChI=1S/C23H30N4O2/c1-29-20-14-21(26-15-20)22(28)27-19-4-2-3-16(13-19)7-10-23(24,17-5-6-17)18-8-11-25-12-9-18/h2-4,8-9,11-13,17,20-21,26H,5-7,10,14-15,24H2,1H3,(H,27,28)/t20-,21-,23+/m1/s1. The van der Waals surface area contributed by atoms with E-state index >= 15 is 0 Å². The molecule has 3 atom stereocenters. The van der Waals surface area contributed by atoms with E-state index in [1.165, 1.54) is 24.0 Å². The highest BCUT2D eigenvalue weighted by molar-refractivity contribution is 5.95. The first-order valence-electron chi connectivity index (χ1n) is 10.4. The number of hydrogen-bond acceptors (Lipinski definition) is 5. The molecule has 2 fully saturated rings. The molecular formula is C23H30N4O2. The smallest absolute Gasteiger partial charge is 0.241 e. The van der Waals surface area contributed by atoms with Crippen molar-refractivity contribution in [2.24, 2.45) is 11.7 Å². The molecule has 0 radical (unpaired) electrons. The van der Waals surface area contributed by atoms with E-state index in [0.717, 1.165) is 18.5 Å². The highest BCUT2D eigenvalue weighted by Gasteiger charge is 2.42. The molecule has 2 aromatic rings. The topological polar surface area (TPSA) is 89.3 Å². The van der Waals surface area contributed by atoms with E-state index < -0.39 is 0 Å². The molecular weight excluding hydrogens is 364 g/mol. The third kappa shape index (κ3) is 4.66. The highest BCUT2D eigenvalue weighted by atomic mass is 16.5. The van der Waals surface area contributed by atoms with Crippen molar-refractivity contribution in [1.82, 2.24) is 10.3 Å². The monoisotopic (exact) mass is 394 g/mol. The molecule has 1 amide bonds. The molecule has 29 heavy (non-hydrogen) atoms. The number of aromatic nitrogens is 1. The van der Waals surface area contributed by atoms with Crippen molar-refractivity contribution < 1.29 is 9.53 Å². The van der Waals surface area contributed by atoms with Crippen LogP contribution in [0.15, 0.2) is 48.8 Å². The fraction of sp³-hybridized carbons (Fsp3) is 0.478. The Bertz CT molecular complexity index is 840. The minimum absolute atomic E-state index is 0.00959. The molecule has 6 nitrogen and oxygen atoms in total. The number of carbonyl (C=O) groups is 1. The van der Waals surface area contributed by atoms with Crippen LogP contribution < -0.4 is 16.4 Å². The summed E-state index contributed by atoms with van der Waals surface area (Å²) in [5, 5.41) is 6.25. The molecule has 1 aromatic heterocycles. The van der Waals surface area contributed by atoms with Gasteiger partial charge in [0.25, 0.3) is 0 Å². The Labute approximate surface area is 172 Å². The Morgan fingerprint density at radius 1 is 1.31 bits per heavy atom. The molecule has 0 spiro atoms. The molecule has 1 aliphatic carbocycles. The van der Waals surface area contributed by atoms with E-state index in [0.29, 0.717) is 18.9 Å². The van der Waals surface area contributed by atoms with E-state index in [1.54, 1.807) is 7.11 Å². The van der Waals surface area contributed by atoms with Gasteiger partial charge in [0, 0.05) is 37.3 Å². The number of nitrogens with zero attached hydrogens (tertiary/aromatic N) is 1. The fourth-order valence-electron chi connectivity index (χ4n) is 4.31. The van der Waals surface area contributed by atoms with Crippen molar-refractivity contribution in [2.75, 3.05) is 19.0 Å². The molecule has 1 saturated heterocycles. The molecule has 2 heterocycles. The van der Waals surface area contributed by atoms with Crippen molar-refractivity contribution in [2.45, 2.75) is 49.8 Å². The molecule has 0 unspecified atom stereocenters. The van der Waals surface area contributed by atoms with Crippen LogP contribution >= 0.6 is 0 Å². The average molecular weight is 395 g/mol. The van der Waals surface area contributed by atoms with E-state index in [2.05, 4.69) is 27.8 Å². The van der Waals surface area contributed by atoms with Crippen LogP contribution in [-0.2, 0) is 21.5 Å². The van der Waals surface area contributed by atoms with Gasteiger partial charge in [0.15, 0.2) is 0 Å². The van der Waals surface area contributed by atoms with Crippen LogP contribution in [0.2, 0.25) is 0 Å². The van der Waals surface area contributed by atoms with Gasteiger partial charge in [-0.25, -0.2) is 0 Å². The quantitative estimate of drug-likeness (QED) is 0.640. The van der Waals surface area contributed by atoms with Crippen molar-refractivity contribution in [3.05, 3.63) is 59.9 Å². The van der Waals surface area contributed by atoms with E-state index in [1.807, 2.05) is 36.7 Å². The predicted octanol–water partition coefficient (Wildman–Crippen LogP) is 2.59. The lowest BCUT2D eigenvalue weighted by atomic mass is 9.81. The maximum Gasteiger partial charge on any atom is 0.241 e. The number of hydrogen-bond donors (Lipinski definition) is 3. The molecule has 1 aromatic carbocycles. The zero-order valence-electron chi connectivity index (χ0n) is 16.9. The van der Waals surface area contributed by atoms with Crippen LogP contribution in [0.3, 0.4) is 0 Å². The van der Waals surface area contributed by atoms with Crippen LogP contribution in [0.4, 0.5) is 5.69 Å². The second-order valence-electron chi connectivity index (χ2n) is 8.29. The Kier molecular flexibility index (Phi) is 5.94. The molecule has 2 aliphatic rings. The largest absolute Gasteiger partial charge is 0.380 e. The number of anilines is 1. The summed E-state index contributed by atoms with van der Waals surface area (Å²) in [6.45, 7) is 0.712. The lowest BCUT2D eigenvalue weighted by Gasteiger charge is -2.30. The number of nitrogens with one attached hydrogen (secondary N) is 2. The Morgan fingerprint density at radius 2 is 2.10 bits per heavy atom. The van der Waals surface area contributed by atoms with Gasteiger partial charge in [0.05, 0.1) is 12.1 Å². The van der Waals surface area contributed by atoms with Gasteiger partial charge in [-0.05, 0) is 73.4 Å². The van der Waals surface area contributed by atoms with Crippen LogP contribution in [0, 0.1) is 5.92 Å². The first-order chi connectivity index (χ1) is 14.1. The van der Waals surface area contributed by atoms with Crippen molar-refractivity contribution in [3.63, 3.8) is 0 Å². The Hall–Kier alpha value is -2.28. The van der Waals surface area contributed by atoms with Crippen molar-refractivity contribution >= 4 is 11.6 Å². The van der Waals surface area contributed by atoms with Gasteiger partial charge in [-0.1, -0.05) is 12.1 Å². The number of nitrogens with two attached hydrogens (primary N) is 1. The summed E-state index contributed by atoms with van der Waals surface area (Å²) < 4.78 is 5.33. The van der Waals surface area contributed by atoms with Crippen LogP contribution in [-0.4, -0.2) is 36.7 Å². The molecule has 0 bridgehead atoms. The summed E-state index contributed by atoms with van der Waals surface area (Å²) in [7, 11) is 1.68. The summed E-state index contributed by atoms with van der Waals surface area (Å²) in [4.78, 5) is 16.7. The summed E-state index contributed by atoms with van der Waals surface area (Å²) in [5.74, 6) is 0.527. The van der Waals surface area contributed by atoms with E-state index in [9.17, 15) is 4.79 Å². The third-order valence-corrected chi connectivity index (χ3v) is 6.29. The Morgan fingerprint density at radius 3 is 2.79 bits per heavy atom. The number of aryl methyl sites for hydroxylation is 1.